The summed E-state index contributed by atoms with van der Waals surface area (Å²) in [5, 5.41) is 21.3. The predicted molar refractivity (Wildman–Crippen MR) is 125 cm³/mol. The molecule has 10 heteroatoms. The summed E-state index contributed by atoms with van der Waals surface area (Å²) in [6.07, 6.45) is 1.27. The van der Waals surface area contributed by atoms with Gasteiger partial charge in [-0.1, -0.05) is 12.1 Å². The number of pyridine rings is 2. The molecule has 0 spiro atoms. The van der Waals surface area contributed by atoms with Crippen molar-refractivity contribution in [3.05, 3.63) is 60.5 Å². The molecule has 2 bridgehead atoms. The van der Waals surface area contributed by atoms with Crippen LogP contribution in [0.2, 0.25) is 0 Å². The number of fused-ring (bicyclic) bond motifs is 4. The Morgan fingerprint density at radius 2 is 2.15 bits per heavy atom. The van der Waals surface area contributed by atoms with Gasteiger partial charge in [-0.05, 0) is 36.8 Å². The molecule has 2 aromatic heterocycles. The highest BCUT2D eigenvalue weighted by atomic mass is 19.1. The highest BCUT2D eigenvalue weighted by Crippen LogP contribution is 2.40. The summed E-state index contributed by atoms with van der Waals surface area (Å²) in [4.78, 5) is 26.1. The van der Waals surface area contributed by atoms with Gasteiger partial charge in [0.25, 0.3) is 0 Å². The molecule has 2 aliphatic rings. The van der Waals surface area contributed by atoms with Crippen LogP contribution in [0.3, 0.4) is 0 Å². The maximum absolute atomic E-state index is 13.8. The molecule has 3 N–H and O–H groups in total. The maximum Gasteiger partial charge on any atom is 0.327 e. The standard InChI is InChI=1S/C24H24FN5O4/c25-16-3-1-2-15(10-16)20-4-5-21-23(28-20)30(18-7-9-29(21)12-18)24(33)27-17-6-8-26-22(11-17)34-14-19(32)13-31/h1-6,8,10-11,18-19,31-32H,7,9,12-14H2,(H,26,27,33)/t18-,19+/m0/s1. The molecule has 3 aromatic rings. The molecule has 2 atom stereocenters. The van der Waals surface area contributed by atoms with E-state index in [1.807, 2.05) is 12.1 Å². The Labute approximate surface area is 195 Å². The van der Waals surface area contributed by atoms with Gasteiger partial charge in [0, 0.05) is 36.6 Å². The Morgan fingerprint density at radius 3 is 2.97 bits per heavy atom. The summed E-state index contributed by atoms with van der Waals surface area (Å²) in [7, 11) is 0. The molecule has 9 nitrogen and oxygen atoms in total. The van der Waals surface area contributed by atoms with Crippen molar-refractivity contribution in [3.63, 3.8) is 0 Å². The van der Waals surface area contributed by atoms with Crippen molar-refractivity contribution < 1.29 is 24.1 Å². The quantitative estimate of drug-likeness (QED) is 0.513. The van der Waals surface area contributed by atoms with Gasteiger partial charge in [0.2, 0.25) is 5.88 Å². The second-order valence-electron chi connectivity index (χ2n) is 8.27. The number of rotatable bonds is 6. The van der Waals surface area contributed by atoms with Crippen molar-refractivity contribution >= 4 is 23.2 Å². The van der Waals surface area contributed by atoms with Crippen LogP contribution in [0.25, 0.3) is 11.3 Å². The highest BCUT2D eigenvalue weighted by Gasteiger charge is 2.40. The first-order valence-electron chi connectivity index (χ1n) is 11.0. The average Bonchev–Trinajstić information content (AvgIpc) is 3.26. The van der Waals surface area contributed by atoms with Gasteiger partial charge in [0.1, 0.15) is 18.5 Å². The minimum Gasteiger partial charge on any atom is -0.475 e. The number of aliphatic hydroxyl groups excluding tert-OH is 2. The van der Waals surface area contributed by atoms with Crippen LogP contribution in [-0.2, 0) is 0 Å². The highest BCUT2D eigenvalue weighted by molar-refractivity contribution is 6.04. The smallest absolute Gasteiger partial charge is 0.327 e. The van der Waals surface area contributed by atoms with E-state index in [-0.39, 0.29) is 30.4 Å². The number of aliphatic hydroxyl groups is 2. The fourth-order valence-corrected chi connectivity index (χ4v) is 4.26. The van der Waals surface area contributed by atoms with E-state index in [2.05, 4.69) is 15.2 Å². The van der Waals surface area contributed by atoms with Crippen molar-refractivity contribution in [3.8, 4) is 17.1 Å². The van der Waals surface area contributed by atoms with E-state index in [9.17, 15) is 14.3 Å². The van der Waals surface area contributed by atoms with Gasteiger partial charge in [-0.2, -0.15) is 0 Å². The largest absolute Gasteiger partial charge is 0.475 e. The zero-order valence-electron chi connectivity index (χ0n) is 18.3. The number of amides is 2. The molecule has 1 fully saturated rings. The Balaban J connectivity index is 1.41. The number of hydrogen-bond acceptors (Lipinski definition) is 7. The number of anilines is 3. The molecule has 0 saturated carbocycles. The van der Waals surface area contributed by atoms with Gasteiger partial charge in [0.05, 0.1) is 24.0 Å². The summed E-state index contributed by atoms with van der Waals surface area (Å²) in [6, 6.07) is 12.8. The van der Waals surface area contributed by atoms with Crippen LogP contribution in [0.5, 0.6) is 5.88 Å². The molecule has 34 heavy (non-hydrogen) atoms. The SMILES string of the molecule is O=C(Nc1ccnc(OC[C@H](O)CO)c1)N1c2nc(-c3cccc(F)c3)ccc2N2CC[C@H]1C2. The van der Waals surface area contributed by atoms with Crippen LogP contribution < -0.4 is 19.9 Å². The summed E-state index contributed by atoms with van der Waals surface area (Å²) in [5.74, 6) is 0.394. The Hall–Kier alpha value is -3.76. The average molecular weight is 465 g/mol. The Kier molecular flexibility index (Phi) is 5.99. The Bertz CT molecular complexity index is 1210. The number of nitrogens with one attached hydrogen (secondary N) is 1. The third kappa shape index (κ3) is 4.37. The van der Waals surface area contributed by atoms with Crippen molar-refractivity contribution in [1.29, 1.82) is 0 Å². The number of hydrogen-bond donors (Lipinski definition) is 3. The van der Waals surface area contributed by atoms with Crippen molar-refractivity contribution in [2.75, 3.05) is 41.4 Å². The normalized spacial score (nSPS) is 17.3. The third-order valence-corrected chi connectivity index (χ3v) is 5.91. The lowest BCUT2D eigenvalue weighted by Gasteiger charge is -2.36. The van der Waals surface area contributed by atoms with Crippen LogP contribution in [0.4, 0.5) is 26.4 Å². The van der Waals surface area contributed by atoms with Gasteiger partial charge < -0.3 is 25.2 Å². The lowest BCUT2D eigenvalue weighted by molar-refractivity contribution is 0.0521. The van der Waals surface area contributed by atoms with Gasteiger partial charge in [-0.25, -0.2) is 19.2 Å². The molecular formula is C24H24FN5O4. The molecule has 2 aliphatic heterocycles. The topological polar surface area (TPSA) is 111 Å². The van der Waals surface area contributed by atoms with Crippen LogP contribution in [0.15, 0.2) is 54.7 Å². The monoisotopic (exact) mass is 465 g/mol. The molecule has 0 unspecified atom stereocenters. The maximum atomic E-state index is 13.8. The van der Waals surface area contributed by atoms with Crippen molar-refractivity contribution in [1.82, 2.24) is 9.97 Å². The third-order valence-electron chi connectivity index (χ3n) is 5.91. The lowest BCUT2D eigenvalue weighted by atomic mass is 10.1. The minimum atomic E-state index is -1.02. The molecule has 2 amide bonds. The van der Waals surface area contributed by atoms with E-state index in [1.54, 1.807) is 29.2 Å². The van der Waals surface area contributed by atoms with Crippen molar-refractivity contribution in [2.24, 2.45) is 0 Å². The second-order valence-corrected chi connectivity index (χ2v) is 8.27. The molecule has 1 aromatic carbocycles. The fourth-order valence-electron chi connectivity index (χ4n) is 4.26. The molecule has 176 valence electrons. The first-order valence-corrected chi connectivity index (χ1v) is 11.0. The number of urea groups is 1. The van der Waals surface area contributed by atoms with E-state index in [0.29, 0.717) is 29.3 Å². The summed E-state index contributed by atoms with van der Waals surface area (Å²) < 4.78 is 19.1. The second kappa shape index (κ2) is 9.24. The number of benzene rings is 1. The van der Waals surface area contributed by atoms with E-state index in [4.69, 9.17) is 14.8 Å². The molecule has 0 aliphatic carbocycles. The van der Waals surface area contributed by atoms with Crippen molar-refractivity contribution in [2.45, 2.75) is 18.6 Å². The number of nitrogens with zero attached hydrogens (tertiary/aromatic N) is 4. The van der Waals surface area contributed by atoms with E-state index in [0.717, 1.165) is 18.7 Å². The van der Waals surface area contributed by atoms with Crippen LogP contribution in [0, 0.1) is 5.82 Å². The zero-order valence-corrected chi connectivity index (χ0v) is 18.3. The van der Waals surface area contributed by atoms with Gasteiger partial charge in [0.15, 0.2) is 5.82 Å². The summed E-state index contributed by atoms with van der Waals surface area (Å²) >= 11 is 0. The molecule has 4 heterocycles. The predicted octanol–water partition coefficient (Wildman–Crippen LogP) is 2.65. The van der Waals surface area contributed by atoms with E-state index in [1.165, 1.54) is 18.3 Å². The molecule has 1 saturated heterocycles. The molecule has 0 radical (unpaired) electrons. The Morgan fingerprint density at radius 1 is 1.26 bits per heavy atom. The number of halogens is 1. The van der Waals surface area contributed by atoms with E-state index < -0.39 is 12.7 Å². The number of aromatic nitrogens is 2. The summed E-state index contributed by atoms with van der Waals surface area (Å²) in [6.45, 7) is 0.993. The zero-order chi connectivity index (χ0) is 23.7. The first kappa shape index (κ1) is 22.1. The molecular weight excluding hydrogens is 441 g/mol. The number of carbonyl (C=O) groups is 1. The fraction of sp³-hybridized carbons (Fsp3) is 0.292. The number of carbonyl (C=O) groups excluding carboxylic acids is 1. The van der Waals surface area contributed by atoms with Gasteiger partial charge >= 0.3 is 6.03 Å². The van der Waals surface area contributed by atoms with Gasteiger partial charge in [-0.15, -0.1) is 0 Å². The first-order chi connectivity index (χ1) is 16.5. The summed E-state index contributed by atoms with van der Waals surface area (Å²) in [5.41, 5.74) is 2.55. The number of ether oxygens (including phenoxy) is 1. The van der Waals surface area contributed by atoms with Crippen LogP contribution in [0.1, 0.15) is 6.42 Å². The minimum absolute atomic E-state index is 0.0416. The lowest BCUT2D eigenvalue weighted by Crippen LogP contribution is -2.48. The van der Waals surface area contributed by atoms with Gasteiger partial charge in [-0.3, -0.25) is 4.90 Å². The van der Waals surface area contributed by atoms with Crippen LogP contribution in [-0.4, -0.2) is 64.7 Å². The van der Waals surface area contributed by atoms with Crippen LogP contribution >= 0.6 is 0 Å². The molecule has 5 rings (SSSR count). The van der Waals surface area contributed by atoms with E-state index >= 15 is 0 Å².